The summed E-state index contributed by atoms with van der Waals surface area (Å²) in [5, 5.41) is 0.898. The van der Waals surface area contributed by atoms with E-state index >= 15 is 0 Å². The van der Waals surface area contributed by atoms with E-state index in [4.69, 9.17) is 14.2 Å². The molecule has 0 fully saturated rings. The number of fused-ring (bicyclic) bond motifs is 2. The lowest BCUT2D eigenvalue weighted by atomic mass is 10.00. The van der Waals surface area contributed by atoms with E-state index in [1.807, 2.05) is 36.4 Å². The van der Waals surface area contributed by atoms with Gasteiger partial charge in [-0.3, -0.25) is 4.79 Å². The van der Waals surface area contributed by atoms with Crippen LogP contribution in [0.3, 0.4) is 0 Å². The largest absolute Gasteiger partial charge is 0.493 e. The lowest BCUT2D eigenvalue weighted by Gasteiger charge is -2.20. The number of para-hydroxylation sites is 1. The number of ether oxygens (including phenoxy) is 3. The summed E-state index contributed by atoms with van der Waals surface area (Å²) in [7, 11) is 0. The number of nitrogens with one attached hydrogen (secondary N) is 1. The van der Waals surface area contributed by atoms with Crippen molar-refractivity contribution in [2.75, 3.05) is 19.8 Å². The molecule has 0 spiro atoms. The van der Waals surface area contributed by atoms with Crippen LogP contribution in [0.5, 0.6) is 17.2 Å². The molecule has 1 aliphatic heterocycles. The van der Waals surface area contributed by atoms with Crippen LogP contribution in [0.1, 0.15) is 13.8 Å². The fraction of sp³-hybridized carbons (Fsp3) is 0.286. The molecule has 0 saturated carbocycles. The molecule has 0 saturated heterocycles. The molecule has 0 atom stereocenters. The predicted molar refractivity (Wildman–Crippen MR) is 101 cm³/mol. The van der Waals surface area contributed by atoms with Gasteiger partial charge in [-0.05, 0) is 18.1 Å². The lowest BCUT2D eigenvalue weighted by molar-refractivity contribution is 0.172. The topological polar surface area (TPSA) is 60.6 Å². The van der Waals surface area contributed by atoms with E-state index in [1.54, 1.807) is 6.07 Å². The molecule has 5 nitrogen and oxygen atoms in total. The fourth-order valence-electron chi connectivity index (χ4n) is 3.09. The van der Waals surface area contributed by atoms with Crippen LogP contribution < -0.4 is 19.8 Å². The Morgan fingerprint density at radius 2 is 1.77 bits per heavy atom. The Labute approximate surface area is 151 Å². The fourth-order valence-corrected chi connectivity index (χ4v) is 3.09. The Morgan fingerprint density at radius 3 is 2.54 bits per heavy atom. The van der Waals surface area contributed by atoms with E-state index in [9.17, 15) is 4.79 Å². The van der Waals surface area contributed by atoms with Crippen LogP contribution in [0.4, 0.5) is 0 Å². The summed E-state index contributed by atoms with van der Waals surface area (Å²) in [6.45, 7) is 5.85. The van der Waals surface area contributed by atoms with Crippen molar-refractivity contribution >= 4 is 10.9 Å². The van der Waals surface area contributed by atoms with Crippen LogP contribution in [-0.4, -0.2) is 24.8 Å². The highest BCUT2D eigenvalue weighted by atomic mass is 16.6. The number of aromatic nitrogens is 1. The molecule has 2 aromatic carbocycles. The molecule has 0 aliphatic carbocycles. The summed E-state index contributed by atoms with van der Waals surface area (Å²) in [4.78, 5) is 15.1. The summed E-state index contributed by atoms with van der Waals surface area (Å²) < 4.78 is 17.3. The van der Waals surface area contributed by atoms with Crippen molar-refractivity contribution in [3.8, 4) is 28.4 Å². The van der Waals surface area contributed by atoms with Gasteiger partial charge in [0, 0.05) is 28.6 Å². The van der Waals surface area contributed by atoms with Gasteiger partial charge in [0.25, 0.3) is 0 Å². The first-order valence-corrected chi connectivity index (χ1v) is 8.80. The summed E-state index contributed by atoms with van der Waals surface area (Å²) in [6.07, 6.45) is 0. The molecular formula is C21H21NO4. The number of benzene rings is 2. The maximum absolute atomic E-state index is 12.3. The molecule has 134 valence electrons. The van der Waals surface area contributed by atoms with E-state index in [0.29, 0.717) is 37.2 Å². The first-order chi connectivity index (χ1) is 12.6. The highest BCUT2D eigenvalue weighted by Gasteiger charge is 2.17. The van der Waals surface area contributed by atoms with Crippen molar-refractivity contribution in [3.63, 3.8) is 0 Å². The monoisotopic (exact) mass is 351 g/mol. The molecule has 4 rings (SSSR count). The molecule has 3 aromatic rings. The maximum atomic E-state index is 12.3. The molecule has 1 aliphatic rings. The Morgan fingerprint density at radius 1 is 1.04 bits per heavy atom. The standard InChI is InChI=1S/C21H21NO4/c1-13(2)12-26-18-6-4-3-5-14(18)15-10-21(23)22-17-11-20-19(9-16(15)17)24-7-8-25-20/h3-6,9-11,13H,7-8,12H2,1-2H3,(H,22,23). The first-order valence-electron chi connectivity index (χ1n) is 8.80. The number of rotatable bonds is 4. The molecule has 0 unspecified atom stereocenters. The quantitative estimate of drug-likeness (QED) is 0.772. The van der Waals surface area contributed by atoms with Gasteiger partial charge in [-0.25, -0.2) is 0 Å². The minimum Gasteiger partial charge on any atom is -0.493 e. The molecule has 26 heavy (non-hydrogen) atoms. The van der Waals surface area contributed by atoms with E-state index in [-0.39, 0.29) is 5.56 Å². The second-order valence-corrected chi connectivity index (χ2v) is 6.79. The van der Waals surface area contributed by atoms with Gasteiger partial charge in [0.2, 0.25) is 5.56 Å². The van der Waals surface area contributed by atoms with Gasteiger partial charge in [-0.1, -0.05) is 32.0 Å². The third-order valence-electron chi connectivity index (χ3n) is 4.26. The Kier molecular flexibility index (Phi) is 4.29. The van der Waals surface area contributed by atoms with Crippen molar-refractivity contribution in [2.45, 2.75) is 13.8 Å². The van der Waals surface area contributed by atoms with Crippen LogP contribution in [-0.2, 0) is 0 Å². The number of hydrogen-bond acceptors (Lipinski definition) is 4. The summed E-state index contributed by atoms with van der Waals surface area (Å²) >= 11 is 0. The Bertz CT molecular complexity index is 1010. The normalized spacial score (nSPS) is 13.2. The zero-order valence-electron chi connectivity index (χ0n) is 14.9. The van der Waals surface area contributed by atoms with Crippen molar-refractivity contribution in [1.29, 1.82) is 0 Å². The zero-order valence-corrected chi connectivity index (χ0v) is 14.9. The van der Waals surface area contributed by atoms with E-state index < -0.39 is 0 Å². The zero-order chi connectivity index (χ0) is 18.1. The highest BCUT2D eigenvalue weighted by molar-refractivity contribution is 5.97. The summed E-state index contributed by atoms with van der Waals surface area (Å²) in [5.41, 5.74) is 2.26. The number of aromatic amines is 1. The van der Waals surface area contributed by atoms with Crippen LogP contribution >= 0.6 is 0 Å². The highest BCUT2D eigenvalue weighted by Crippen LogP contribution is 2.39. The van der Waals surface area contributed by atoms with Crippen molar-refractivity contribution in [2.24, 2.45) is 5.92 Å². The van der Waals surface area contributed by atoms with Crippen LogP contribution in [0.25, 0.3) is 22.0 Å². The SMILES string of the molecule is CC(C)COc1ccccc1-c1cc(=O)[nH]c2cc3c(cc12)OCCO3. The predicted octanol–water partition coefficient (Wildman–Crippen LogP) is 4.00. The Hall–Kier alpha value is -2.95. The van der Waals surface area contributed by atoms with Gasteiger partial charge in [0.15, 0.2) is 11.5 Å². The van der Waals surface area contributed by atoms with Crippen molar-refractivity contribution < 1.29 is 14.2 Å². The number of H-pyrrole nitrogens is 1. The van der Waals surface area contributed by atoms with Gasteiger partial charge in [-0.2, -0.15) is 0 Å². The molecule has 0 amide bonds. The summed E-state index contributed by atoms with van der Waals surface area (Å²) in [5.74, 6) is 2.53. The summed E-state index contributed by atoms with van der Waals surface area (Å²) in [6, 6.07) is 13.1. The van der Waals surface area contributed by atoms with Gasteiger partial charge >= 0.3 is 0 Å². The minimum atomic E-state index is -0.164. The van der Waals surface area contributed by atoms with E-state index in [2.05, 4.69) is 18.8 Å². The lowest BCUT2D eigenvalue weighted by Crippen LogP contribution is -2.15. The van der Waals surface area contributed by atoms with Gasteiger partial charge in [-0.15, -0.1) is 0 Å². The smallest absolute Gasteiger partial charge is 0.249 e. The molecule has 0 radical (unpaired) electrons. The number of hydrogen-bond donors (Lipinski definition) is 1. The average molecular weight is 351 g/mol. The van der Waals surface area contributed by atoms with E-state index in [1.165, 1.54) is 0 Å². The number of pyridine rings is 1. The van der Waals surface area contributed by atoms with Gasteiger partial charge in [0.05, 0.1) is 12.1 Å². The molecule has 5 heteroatoms. The van der Waals surface area contributed by atoms with Crippen molar-refractivity contribution in [1.82, 2.24) is 4.98 Å². The van der Waals surface area contributed by atoms with E-state index in [0.717, 1.165) is 27.8 Å². The van der Waals surface area contributed by atoms with Crippen LogP contribution in [0, 0.1) is 5.92 Å². The van der Waals surface area contributed by atoms with Crippen LogP contribution in [0.15, 0.2) is 47.3 Å². The molecule has 2 heterocycles. The second-order valence-electron chi connectivity index (χ2n) is 6.79. The van der Waals surface area contributed by atoms with Gasteiger partial charge < -0.3 is 19.2 Å². The molecule has 1 N–H and O–H groups in total. The van der Waals surface area contributed by atoms with Crippen LogP contribution in [0.2, 0.25) is 0 Å². The third kappa shape index (κ3) is 3.12. The van der Waals surface area contributed by atoms with Gasteiger partial charge in [0.1, 0.15) is 19.0 Å². The first kappa shape index (κ1) is 16.5. The molecule has 0 bridgehead atoms. The second kappa shape index (κ2) is 6.75. The third-order valence-corrected chi connectivity index (χ3v) is 4.26. The Balaban J connectivity index is 1.90. The molecule has 1 aromatic heterocycles. The minimum absolute atomic E-state index is 0.164. The maximum Gasteiger partial charge on any atom is 0.249 e. The van der Waals surface area contributed by atoms with Crippen molar-refractivity contribution in [3.05, 3.63) is 52.8 Å². The average Bonchev–Trinajstić information content (AvgIpc) is 2.64. The molecular weight excluding hydrogens is 330 g/mol.